The van der Waals surface area contributed by atoms with Crippen molar-refractivity contribution >= 4 is 23.4 Å². The van der Waals surface area contributed by atoms with Crippen LogP contribution in [0.2, 0.25) is 5.02 Å². The summed E-state index contributed by atoms with van der Waals surface area (Å²) in [5.74, 6) is -0.293. The molecule has 0 aliphatic carbocycles. The van der Waals surface area contributed by atoms with Crippen LogP contribution in [0.1, 0.15) is 41.8 Å². The number of nitrogens with one attached hydrogen (secondary N) is 3. The molecule has 2 aromatic carbocycles. The average Bonchev–Trinajstić information content (AvgIpc) is 2.71. The SMILES string of the molecule is CC[NH+](CC)Cc1ccccc1CNC(=O)CCNC(=O)c1ccc(Cl)cc1. The third-order valence-electron chi connectivity index (χ3n) is 4.78. The normalized spacial score (nSPS) is 10.7. The Morgan fingerprint density at radius 3 is 2.21 bits per heavy atom. The Balaban J connectivity index is 1.78. The summed E-state index contributed by atoms with van der Waals surface area (Å²) in [5.41, 5.74) is 2.93. The van der Waals surface area contributed by atoms with Gasteiger partial charge in [0.25, 0.3) is 5.91 Å². The first-order valence-electron chi connectivity index (χ1n) is 9.74. The summed E-state index contributed by atoms with van der Waals surface area (Å²) in [4.78, 5) is 25.7. The summed E-state index contributed by atoms with van der Waals surface area (Å²) >= 11 is 5.82. The van der Waals surface area contributed by atoms with E-state index in [-0.39, 0.29) is 18.2 Å². The summed E-state index contributed by atoms with van der Waals surface area (Å²) < 4.78 is 0. The molecular formula is C22H29ClN3O2+. The Hall–Kier alpha value is -2.37. The molecule has 0 unspecified atom stereocenters. The van der Waals surface area contributed by atoms with Gasteiger partial charge < -0.3 is 15.5 Å². The molecule has 5 nitrogen and oxygen atoms in total. The summed E-state index contributed by atoms with van der Waals surface area (Å²) in [7, 11) is 0. The lowest BCUT2D eigenvalue weighted by Gasteiger charge is -2.18. The maximum Gasteiger partial charge on any atom is 0.251 e. The number of benzene rings is 2. The molecule has 2 aromatic rings. The average molecular weight is 403 g/mol. The molecule has 2 amide bonds. The van der Waals surface area contributed by atoms with Crippen LogP contribution >= 0.6 is 11.6 Å². The van der Waals surface area contributed by atoms with Crippen LogP contribution in [-0.4, -0.2) is 31.4 Å². The lowest BCUT2D eigenvalue weighted by molar-refractivity contribution is -0.910. The van der Waals surface area contributed by atoms with E-state index in [1.807, 2.05) is 12.1 Å². The van der Waals surface area contributed by atoms with Crippen LogP contribution in [0.15, 0.2) is 48.5 Å². The quantitative estimate of drug-likeness (QED) is 0.570. The maximum absolute atomic E-state index is 12.1. The zero-order valence-corrected chi connectivity index (χ0v) is 17.3. The maximum atomic E-state index is 12.1. The van der Waals surface area contributed by atoms with Gasteiger partial charge in [-0.05, 0) is 43.7 Å². The van der Waals surface area contributed by atoms with Gasteiger partial charge in [-0.3, -0.25) is 9.59 Å². The van der Waals surface area contributed by atoms with Gasteiger partial charge in [-0.1, -0.05) is 35.9 Å². The van der Waals surface area contributed by atoms with Crippen molar-refractivity contribution in [2.45, 2.75) is 33.4 Å². The molecule has 28 heavy (non-hydrogen) atoms. The van der Waals surface area contributed by atoms with Crippen molar-refractivity contribution in [1.29, 1.82) is 0 Å². The molecule has 6 heteroatoms. The number of amides is 2. The van der Waals surface area contributed by atoms with E-state index in [1.165, 1.54) is 10.5 Å². The molecule has 0 fully saturated rings. The van der Waals surface area contributed by atoms with E-state index in [0.717, 1.165) is 25.2 Å². The highest BCUT2D eigenvalue weighted by molar-refractivity contribution is 6.30. The van der Waals surface area contributed by atoms with Gasteiger partial charge in [0, 0.05) is 35.7 Å². The monoisotopic (exact) mass is 402 g/mol. The first-order valence-corrected chi connectivity index (χ1v) is 10.1. The van der Waals surface area contributed by atoms with E-state index in [0.29, 0.717) is 23.7 Å². The van der Waals surface area contributed by atoms with Crippen LogP contribution in [0.3, 0.4) is 0 Å². The predicted molar refractivity (Wildman–Crippen MR) is 112 cm³/mol. The van der Waals surface area contributed by atoms with Gasteiger partial charge in [-0.2, -0.15) is 0 Å². The van der Waals surface area contributed by atoms with Crippen molar-refractivity contribution < 1.29 is 14.5 Å². The number of carbonyl (C=O) groups excluding carboxylic acids is 2. The second-order valence-electron chi connectivity index (χ2n) is 6.69. The van der Waals surface area contributed by atoms with Gasteiger partial charge in [0.15, 0.2) is 0 Å². The third kappa shape index (κ3) is 6.98. The zero-order chi connectivity index (χ0) is 20.4. The van der Waals surface area contributed by atoms with E-state index in [2.05, 4.69) is 36.6 Å². The first-order chi connectivity index (χ1) is 13.5. The number of halogens is 1. The van der Waals surface area contributed by atoms with Crippen LogP contribution in [0, 0.1) is 0 Å². The molecule has 150 valence electrons. The Morgan fingerprint density at radius 2 is 1.57 bits per heavy atom. The van der Waals surface area contributed by atoms with Crippen LogP contribution in [0.4, 0.5) is 0 Å². The predicted octanol–water partition coefficient (Wildman–Crippen LogP) is 2.20. The fourth-order valence-corrected chi connectivity index (χ4v) is 3.07. The van der Waals surface area contributed by atoms with E-state index in [9.17, 15) is 9.59 Å². The molecule has 3 N–H and O–H groups in total. The second-order valence-corrected chi connectivity index (χ2v) is 7.13. The minimum Gasteiger partial charge on any atom is -0.352 e. The molecule has 0 spiro atoms. The summed E-state index contributed by atoms with van der Waals surface area (Å²) in [6.45, 7) is 8.26. The Bertz CT molecular complexity index is 774. The summed E-state index contributed by atoms with van der Waals surface area (Å²) in [6.07, 6.45) is 0.239. The van der Waals surface area contributed by atoms with E-state index < -0.39 is 0 Å². The molecule has 0 saturated carbocycles. The standard InChI is InChI=1S/C22H28ClN3O2/c1-3-26(4-2)16-19-8-6-5-7-18(19)15-25-21(27)13-14-24-22(28)17-9-11-20(23)12-10-17/h5-12H,3-4,13-16H2,1-2H3,(H,24,28)(H,25,27)/p+1. The molecule has 0 aromatic heterocycles. The molecular weight excluding hydrogens is 374 g/mol. The topological polar surface area (TPSA) is 62.6 Å². The van der Waals surface area contributed by atoms with E-state index in [4.69, 9.17) is 11.6 Å². The molecule has 0 saturated heterocycles. The van der Waals surface area contributed by atoms with E-state index in [1.54, 1.807) is 24.3 Å². The van der Waals surface area contributed by atoms with Crippen molar-refractivity contribution in [3.05, 3.63) is 70.2 Å². The first kappa shape index (κ1) is 21.9. The smallest absolute Gasteiger partial charge is 0.251 e. The van der Waals surface area contributed by atoms with Gasteiger partial charge in [-0.25, -0.2) is 0 Å². The second kappa shape index (κ2) is 11.5. The zero-order valence-electron chi connectivity index (χ0n) is 16.6. The van der Waals surface area contributed by atoms with Gasteiger partial charge in [-0.15, -0.1) is 0 Å². The summed E-state index contributed by atoms with van der Waals surface area (Å²) in [6, 6.07) is 14.9. The van der Waals surface area contributed by atoms with Gasteiger partial charge >= 0.3 is 0 Å². The number of hydrogen-bond acceptors (Lipinski definition) is 2. The molecule has 2 rings (SSSR count). The van der Waals surface area contributed by atoms with E-state index >= 15 is 0 Å². The van der Waals surface area contributed by atoms with Crippen LogP contribution in [-0.2, 0) is 17.9 Å². The third-order valence-corrected chi connectivity index (χ3v) is 5.03. The highest BCUT2D eigenvalue weighted by Crippen LogP contribution is 2.09. The van der Waals surface area contributed by atoms with Crippen molar-refractivity contribution in [2.75, 3.05) is 19.6 Å². The van der Waals surface area contributed by atoms with Crippen molar-refractivity contribution in [3.8, 4) is 0 Å². The molecule has 0 heterocycles. The van der Waals surface area contributed by atoms with Crippen LogP contribution in [0.25, 0.3) is 0 Å². The fraction of sp³-hybridized carbons (Fsp3) is 0.364. The molecule has 0 atom stereocenters. The van der Waals surface area contributed by atoms with Crippen molar-refractivity contribution in [2.24, 2.45) is 0 Å². The largest absolute Gasteiger partial charge is 0.352 e. The number of carbonyl (C=O) groups is 2. The number of hydrogen-bond donors (Lipinski definition) is 3. The molecule has 0 aliphatic rings. The minimum atomic E-state index is -0.211. The Morgan fingerprint density at radius 1 is 0.929 bits per heavy atom. The number of rotatable bonds is 10. The molecule has 0 bridgehead atoms. The van der Waals surface area contributed by atoms with Crippen molar-refractivity contribution in [3.63, 3.8) is 0 Å². The van der Waals surface area contributed by atoms with Crippen LogP contribution < -0.4 is 15.5 Å². The molecule has 0 radical (unpaired) electrons. The Kier molecular flexibility index (Phi) is 8.98. The lowest BCUT2D eigenvalue weighted by Crippen LogP contribution is -3.10. The van der Waals surface area contributed by atoms with Gasteiger partial charge in [0.05, 0.1) is 13.1 Å². The number of quaternary nitrogens is 1. The lowest BCUT2D eigenvalue weighted by atomic mass is 10.1. The highest BCUT2D eigenvalue weighted by Gasteiger charge is 2.10. The van der Waals surface area contributed by atoms with Crippen LogP contribution in [0.5, 0.6) is 0 Å². The van der Waals surface area contributed by atoms with Gasteiger partial charge in [0.1, 0.15) is 6.54 Å². The fourth-order valence-electron chi connectivity index (χ4n) is 2.95. The molecule has 0 aliphatic heterocycles. The minimum absolute atomic E-state index is 0.0820. The van der Waals surface area contributed by atoms with Gasteiger partial charge in [0.2, 0.25) is 5.91 Å². The Labute approximate surface area is 172 Å². The summed E-state index contributed by atoms with van der Waals surface area (Å²) in [5, 5.41) is 6.29. The van der Waals surface area contributed by atoms with Crippen molar-refractivity contribution in [1.82, 2.24) is 10.6 Å². The highest BCUT2D eigenvalue weighted by atomic mass is 35.5.